The van der Waals surface area contributed by atoms with Crippen molar-refractivity contribution in [1.82, 2.24) is 4.57 Å². The van der Waals surface area contributed by atoms with Crippen LogP contribution in [0.25, 0.3) is 5.57 Å². The van der Waals surface area contributed by atoms with E-state index in [9.17, 15) is 0 Å². The first-order chi connectivity index (χ1) is 8.67. The maximum absolute atomic E-state index is 2.80. The van der Waals surface area contributed by atoms with Crippen LogP contribution < -0.4 is 0 Å². The highest BCUT2D eigenvalue weighted by Gasteiger charge is 2.33. The molecule has 1 aromatic rings. The minimum Gasteiger partial charge on any atom is -0.323 e. The maximum Gasteiger partial charge on any atom is 0.126 e. The van der Waals surface area contributed by atoms with E-state index in [1.165, 1.54) is 43.1 Å². The van der Waals surface area contributed by atoms with E-state index in [1.807, 2.05) is 0 Å². The van der Waals surface area contributed by atoms with Gasteiger partial charge in [-0.05, 0) is 55.1 Å². The van der Waals surface area contributed by atoms with Gasteiger partial charge in [0.15, 0.2) is 0 Å². The summed E-state index contributed by atoms with van der Waals surface area (Å²) in [5.74, 6) is 0. The summed E-state index contributed by atoms with van der Waals surface area (Å²) >= 11 is 0. The third-order valence-electron chi connectivity index (χ3n) is 4.52. The molecule has 0 radical (unpaired) electrons. The van der Waals surface area contributed by atoms with Gasteiger partial charge < -0.3 is 4.57 Å². The van der Waals surface area contributed by atoms with Crippen molar-refractivity contribution in [2.45, 2.75) is 38.4 Å². The Bertz CT molecular complexity index is 470. The van der Waals surface area contributed by atoms with Crippen LogP contribution in [-0.2, 0) is 6.42 Å². The van der Waals surface area contributed by atoms with Crippen LogP contribution in [0.5, 0.6) is 0 Å². The molecule has 0 unspecified atom stereocenters. The van der Waals surface area contributed by atoms with Crippen LogP contribution in [0, 0.1) is 0 Å². The van der Waals surface area contributed by atoms with E-state index in [1.54, 1.807) is 5.57 Å². The molecule has 1 aliphatic heterocycles. The molecular formula is C16H23NSi. The molecule has 1 aromatic carbocycles. The third kappa shape index (κ3) is 2.19. The molecule has 0 N–H and O–H groups in total. The van der Waals surface area contributed by atoms with Crippen LogP contribution in [0.3, 0.4) is 0 Å². The van der Waals surface area contributed by atoms with Crippen molar-refractivity contribution in [2.24, 2.45) is 0 Å². The summed E-state index contributed by atoms with van der Waals surface area (Å²) in [6.45, 7) is 7.77. The number of benzene rings is 1. The maximum atomic E-state index is 2.80. The fourth-order valence-electron chi connectivity index (χ4n) is 3.42. The van der Waals surface area contributed by atoms with Crippen molar-refractivity contribution in [2.75, 3.05) is 13.1 Å². The average molecular weight is 257 g/mol. The van der Waals surface area contributed by atoms with Crippen molar-refractivity contribution in [3.8, 4) is 0 Å². The van der Waals surface area contributed by atoms with Gasteiger partial charge in [0.2, 0.25) is 0 Å². The molecule has 2 aliphatic rings. The predicted octanol–water partition coefficient (Wildman–Crippen LogP) is 3.93. The van der Waals surface area contributed by atoms with Gasteiger partial charge in [-0.25, -0.2) is 0 Å². The molecule has 2 heteroatoms. The lowest BCUT2D eigenvalue weighted by atomic mass is 10.1. The zero-order valence-corrected chi connectivity index (χ0v) is 12.6. The van der Waals surface area contributed by atoms with Crippen molar-refractivity contribution >= 4 is 13.8 Å². The standard InChI is InChI=1S/C16H23NSi/c1-18(2,17-11-5-6-12-17)13-15-10-9-14-7-3-4-8-16(14)15/h3-4,7-8,10H,5-6,9,11-13H2,1-2H3. The van der Waals surface area contributed by atoms with Crippen molar-refractivity contribution < 1.29 is 0 Å². The second kappa shape index (κ2) is 4.67. The normalized spacial score (nSPS) is 20.0. The van der Waals surface area contributed by atoms with E-state index in [0.717, 1.165) is 6.42 Å². The van der Waals surface area contributed by atoms with E-state index in [-0.39, 0.29) is 0 Å². The molecule has 0 spiro atoms. The van der Waals surface area contributed by atoms with Crippen LogP contribution in [0.1, 0.15) is 24.0 Å². The first-order valence-corrected chi connectivity index (χ1v) is 10.3. The van der Waals surface area contributed by atoms with Crippen LogP contribution in [0.15, 0.2) is 30.3 Å². The molecule has 0 aromatic heterocycles. The highest BCUT2D eigenvalue weighted by Crippen LogP contribution is 2.35. The summed E-state index contributed by atoms with van der Waals surface area (Å²) in [7, 11) is -1.24. The molecule has 1 saturated heterocycles. The monoisotopic (exact) mass is 257 g/mol. The van der Waals surface area contributed by atoms with Crippen LogP contribution >= 0.6 is 0 Å². The van der Waals surface area contributed by atoms with Gasteiger partial charge in [-0.1, -0.05) is 43.4 Å². The molecule has 1 nitrogen and oxygen atoms in total. The molecule has 1 fully saturated rings. The van der Waals surface area contributed by atoms with E-state index in [2.05, 4.69) is 48.0 Å². The van der Waals surface area contributed by atoms with Crippen LogP contribution in [-0.4, -0.2) is 25.9 Å². The Labute approximate surface area is 112 Å². The first kappa shape index (κ1) is 12.2. The lowest BCUT2D eigenvalue weighted by Crippen LogP contribution is -2.46. The molecule has 0 atom stereocenters. The fourth-order valence-corrected chi connectivity index (χ4v) is 6.44. The summed E-state index contributed by atoms with van der Waals surface area (Å²) in [6, 6.07) is 10.3. The van der Waals surface area contributed by atoms with E-state index < -0.39 is 8.24 Å². The molecular weight excluding hydrogens is 234 g/mol. The summed E-state index contributed by atoms with van der Waals surface area (Å²) in [4.78, 5) is 0. The third-order valence-corrected chi connectivity index (χ3v) is 7.92. The number of hydrogen-bond donors (Lipinski definition) is 0. The molecule has 3 rings (SSSR count). The number of hydrogen-bond acceptors (Lipinski definition) is 1. The summed E-state index contributed by atoms with van der Waals surface area (Å²) < 4.78 is 2.80. The molecule has 18 heavy (non-hydrogen) atoms. The first-order valence-electron chi connectivity index (χ1n) is 7.19. The zero-order chi connectivity index (χ0) is 12.6. The second-order valence-corrected chi connectivity index (χ2v) is 10.9. The summed E-state index contributed by atoms with van der Waals surface area (Å²) in [5, 5.41) is 0. The van der Waals surface area contributed by atoms with Gasteiger partial charge in [0, 0.05) is 0 Å². The van der Waals surface area contributed by atoms with Gasteiger partial charge in [-0.15, -0.1) is 0 Å². The molecule has 1 aliphatic carbocycles. The number of nitrogens with zero attached hydrogens (tertiary/aromatic N) is 1. The van der Waals surface area contributed by atoms with E-state index >= 15 is 0 Å². The van der Waals surface area contributed by atoms with E-state index in [4.69, 9.17) is 0 Å². The highest BCUT2D eigenvalue weighted by molar-refractivity contribution is 6.76. The molecule has 96 valence electrons. The number of rotatable bonds is 3. The summed E-state index contributed by atoms with van der Waals surface area (Å²) in [6.07, 6.45) is 6.43. The van der Waals surface area contributed by atoms with Crippen molar-refractivity contribution in [3.63, 3.8) is 0 Å². The Balaban J connectivity index is 1.77. The number of allylic oxidation sites excluding steroid dienone is 2. The van der Waals surface area contributed by atoms with Crippen molar-refractivity contribution in [1.29, 1.82) is 0 Å². The Hall–Kier alpha value is -0.863. The van der Waals surface area contributed by atoms with Gasteiger partial charge in [-0.3, -0.25) is 0 Å². The Kier molecular flexibility index (Phi) is 3.16. The molecule has 1 heterocycles. The van der Waals surface area contributed by atoms with Gasteiger partial charge in [0.1, 0.15) is 8.24 Å². The molecule has 0 saturated carbocycles. The SMILES string of the molecule is C[Si](C)(CC1=CCc2ccccc21)N1CCCC1. The lowest BCUT2D eigenvalue weighted by Gasteiger charge is -2.34. The second-order valence-electron chi connectivity index (χ2n) is 6.27. The number of fused-ring (bicyclic) bond motifs is 1. The fraction of sp³-hybridized carbons (Fsp3) is 0.500. The van der Waals surface area contributed by atoms with Gasteiger partial charge >= 0.3 is 0 Å². The van der Waals surface area contributed by atoms with Crippen molar-refractivity contribution in [3.05, 3.63) is 41.5 Å². The Morgan fingerprint density at radius 2 is 1.83 bits per heavy atom. The average Bonchev–Trinajstić information content (AvgIpc) is 2.99. The quantitative estimate of drug-likeness (QED) is 0.742. The lowest BCUT2D eigenvalue weighted by molar-refractivity contribution is 0.521. The molecule has 0 bridgehead atoms. The van der Waals surface area contributed by atoms with Crippen LogP contribution in [0.2, 0.25) is 19.1 Å². The molecule has 0 amide bonds. The minimum absolute atomic E-state index is 1.15. The van der Waals surface area contributed by atoms with Gasteiger partial charge in [-0.2, -0.15) is 0 Å². The predicted molar refractivity (Wildman–Crippen MR) is 81.2 cm³/mol. The largest absolute Gasteiger partial charge is 0.323 e. The smallest absolute Gasteiger partial charge is 0.126 e. The minimum atomic E-state index is -1.24. The Morgan fingerprint density at radius 3 is 2.61 bits per heavy atom. The summed E-state index contributed by atoms with van der Waals surface area (Å²) in [5.41, 5.74) is 4.67. The van der Waals surface area contributed by atoms with Gasteiger partial charge in [0.25, 0.3) is 0 Å². The van der Waals surface area contributed by atoms with E-state index in [0.29, 0.717) is 0 Å². The van der Waals surface area contributed by atoms with Crippen LogP contribution in [0.4, 0.5) is 0 Å². The topological polar surface area (TPSA) is 3.24 Å². The Morgan fingerprint density at radius 1 is 1.11 bits per heavy atom. The van der Waals surface area contributed by atoms with Gasteiger partial charge in [0.05, 0.1) is 0 Å². The zero-order valence-electron chi connectivity index (χ0n) is 11.6. The highest BCUT2D eigenvalue weighted by atomic mass is 28.3.